The third-order valence-corrected chi connectivity index (χ3v) is 3.52. The molecule has 0 atom stereocenters. The van der Waals surface area contributed by atoms with Gasteiger partial charge < -0.3 is 15.0 Å². The summed E-state index contributed by atoms with van der Waals surface area (Å²) < 4.78 is 5.25. The van der Waals surface area contributed by atoms with E-state index in [4.69, 9.17) is 4.74 Å². The van der Waals surface area contributed by atoms with E-state index in [9.17, 15) is 19.7 Å². The summed E-state index contributed by atoms with van der Waals surface area (Å²) in [5, 5.41) is 13.2. The largest absolute Gasteiger partial charge is 0.484 e. The van der Waals surface area contributed by atoms with Crippen LogP contribution in [-0.4, -0.2) is 47.9 Å². The number of non-ortho nitro benzene ring substituents is 1. The summed E-state index contributed by atoms with van der Waals surface area (Å²) in [7, 11) is 0. The number of likely N-dealkylation sites (tertiary alicyclic amines) is 1. The van der Waals surface area contributed by atoms with Crippen molar-refractivity contribution in [2.24, 2.45) is 0 Å². The van der Waals surface area contributed by atoms with Crippen LogP contribution in [0.2, 0.25) is 0 Å². The van der Waals surface area contributed by atoms with E-state index in [0.717, 1.165) is 13.0 Å². The van der Waals surface area contributed by atoms with Gasteiger partial charge in [-0.3, -0.25) is 19.7 Å². The fourth-order valence-electron chi connectivity index (χ4n) is 2.30. The molecule has 8 nitrogen and oxygen atoms in total. The van der Waals surface area contributed by atoms with Crippen LogP contribution in [0.25, 0.3) is 0 Å². The summed E-state index contributed by atoms with van der Waals surface area (Å²) in [6, 6.07) is 5.54. The molecule has 2 rings (SSSR count). The van der Waals surface area contributed by atoms with E-state index in [0.29, 0.717) is 31.7 Å². The molecule has 1 aromatic carbocycles. The van der Waals surface area contributed by atoms with Crippen molar-refractivity contribution in [2.75, 3.05) is 26.2 Å². The lowest BCUT2D eigenvalue weighted by atomic mass is 10.3. The highest BCUT2D eigenvalue weighted by Crippen LogP contribution is 2.17. The quantitative estimate of drug-likeness (QED) is 0.439. The van der Waals surface area contributed by atoms with Gasteiger partial charge in [0.2, 0.25) is 5.91 Å². The van der Waals surface area contributed by atoms with Crippen molar-refractivity contribution >= 4 is 17.5 Å². The lowest BCUT2D eigenvalue weighted by molar-refractivity contribution is -0.384. The number of nitro benzene ring substituents is 1. The van der Waals surface area contributed by atoms with Crippen molar-refractivity contribution < 1.29 is 19.2 Å². The van der Waals surface area contributed by atoms with Gasteiger partial charge in [-0.2, -0.15) is 0 Å². The van der Waals surface area contributed by atoms with Crippen LogP contribution in [0, 0.1) is 10.1 Å². The second-order valence-corrected chi connectivity index (χ2v) is 5.23. The lowest BCUT2D eigenvalue weighted by Gasteiger charge is -2.15. The number of hydrogen-bond acceptors (Lipinski definition) is 5. The average molecular weight is 321 g/mol. The summed E-state index contributed by atoms with van der Waals surface area (Å²) in [6.45, 7) is 1.78. The standard InChI is InChI=1S/C15H19N3O5/c19-14(16-8-2-10-17-9-1-3-15(17)20)11-23-13-6-4-12(5-7-13)18(21)22/h4-7H,1-3,8-11H2,(H,16,19). The van der Waals surface area contributed by atoms with Gasteiger partial charge in [-0.15, -0.1) is 0 Å². The first-order valence-corrected chi connectivity index (χ1v) is 7.48. The maximum absolute atomic E-state index is 11.6. The Bertz CT molecular complexity index is 573. The topological polar surface area (TPSA) is 102 Å². The number of nitro groups is 1. The summed E-state index contributed by atoms with van der Waals surface area (Å²) in [5.74, 6) is 0.308. The number of hydrogen-bond donors (Lipinski definition) is 1. The van der Waals surface area contributed by atoms with Crippen LogP contribution in [0.5, 0.6) is 5.75 Å². The molecule has 1 saturated heterocycles. The SMILES string of the molecule is O=C(COc1ccc([N+](=O)[O-])cc1)NCCCN1CCCC1=O. The molecule has 1 aliphatic heterocycles. The van der Waals surface area contributed by atoms with Gasteiger partial charge in [-0.25, -0.2) is 0 Å². The summed E-state index contributed by atoms with van der Waals surface area (Å²) in [5.41, 5.74) is -0.0294. The molecule has 8 heteroatoms. The molecule has 23 heavy (non-hydrogen) atoms. The first-order chi connectivity index (χ1) is 11.1. The van der Waals surface area contributed by atoms with Crippen LogP contribution < -0.4 is 10.1 Å². The Morgan fingerprint density at radius 2 is 2.09 bits per heavy atom. The van der Waals surface area contributed by atoms with E-state index in [1.807, 2.05) is 0 Å². The van der Waals surface area contributed by atoms with Gasteiger partial charge in [0.25, 0.3) is 11.6 Å². The zero-order chi connectivity index (χ0) is 16.7. The molecular formula is C15H19N3O5. The summed E-state index contributed by atoms with van der Waals surface area (Å²) in [4.78, 5) is 34.9. The molecule has 0 aliphatic carbocycles. The maximum atomic E-state index is 11.6. The van der Waals surface area contributed by atoms with Crippen LogP contribution >= 0.6 is 0 Å². The molecule has 124 valence electrons. The Morgan fingerprint density at radius 1 is 1.35 bits per heavy atom. The van der Waals surface area contributed by atoms with Crippen LogP contribution in [0.1, 0.15) is 19.3 Å². The predicted molar refractivity (Wildman–Crippen MR) is 82.0 cm³/mol. The highest BCUT2D eigenvalue weighted by molar-refractivity contribution is 5.78. The molecule has 1 aromatic rings. The minimum atomic E-state index is -0.498. The number of ether oxygens (including phenoxy) is 1. The third kappa shape index (κ3) is 5.24. The Hall–Kier alpha value is -2.64. The Balaban J connectivity index is 1.61. The molecule has 2 amide bonds. The number of nitrogens with zero attached hydrogens (tertiary/aromatic N) is 2. The van der Waals surface area contributed by atoms with Crippen LogP contribution in [-0.2, 0) is 9.59 Å². The van der Waals surface area contributed by atoms with Crippen molar-refractivity contribution in [3.8, 4) is 5.75 Å². The zero-order valence-corrected chi connectivity index (χ0v) is 12.7. The monoisotopic (exact) mass is 321 g/mol. The first kappa shape index (κ1) is 16.7. The van der Waals surface area contributed by atoms with Crippen molar-refractivity contribution in [2.45, 2.75) is 19.3 Å². The fourth-order valence-corrected chi connectivity index (χ4v) is 2.30. The number of carbonyl (C=O) groups is 2. The van der Waals surface area contributed by atoms with E-state index in [-0.39, 0.29) is 24.1 Å². The molecule has 0 saturated carbocycles. The van der Waals surface area contributed by atoms with E-state index in [1.165, 1.54) is 24.3 Å². The number of benzene rings is 1. The van der Waals surface area contributed by atoms with E-state index >= 15 is 0 Å². The second-order valence-electron chi connectivity index (χ2n) is 5.23. The minimum absolute atomic E-state index is 0.0294. The van der Waals surface area contributed by atoms with Gasteiger partial charge in [0, 0.05) is 38.2 Å². The van der Waals surface area contributed by atoms with Gasteiger partial charge in [-0.1, -0.05) is 0 Å². The molecule has 1 aliphatic rings. The molecule has 1 fully saturated rings. The molecule has 0 aromatic heterocycles. The summed E-state index contributed by atoms with van der Waals surface area (Å²) >= 11 is 0. The Labute approximate surface area is 133 Å². The highest BCUT2D eigenvalue weighted by Gasteiger charge is 2.19. The predicted octanol–water partition coefficient (Wildman–Crippen LogP) is 1.10. The molecule has 1 heterocycles. The van der Waals surface area contributed by atoms with E-state index in [2.05, 4.69) is 5.32 Å². The molecule has 0 radical (unpaired) electrons. The van der Waals surface area contributed by atoms with Gasteiger partial charge in [0.05, 0.1) is 4.92 Å². The van der Waals surface area contributed by atoms with E-state index in [1.54, 1.807) is 4.90 Å². The molecule has 1 N–H and O–H groups in total. The van der Waals surface area contributed by atoms with Crippen molar-refractivity contribution in [1.29, 1.82) is 0 Å². The summed E-state index contributed by atoms with van der Waals surface area (Å²) in [6.07, 6.45) is 2.23. The second kappa shape index (κ2) is 8.11. The van der Waals surface area contributed by atoms with E-state index < -0.39 is 4.92 Å². The van der Waals surface area contributed by atoms with Crippen LogP contribution in [0.3, 0.4) is 0 Å². The number of amides is 2. The van der Waals surface area contributed by atoms with Crippen LogP contribution in [0.15, 0.2) is 24.3 Å². The van der Waals surface area contributed by atoms with Gasteiger partial charge in [0.15, 0.2) is 6.61 Å². The smallest absolute Gasteiger partial charge is 0.269 e. The average Bonchev–Trinajstić information content (AvgIpc) is 2.95. The normalized spacial score (nSPS) is 13.9. The Kier molecular flexibility index (Phi) is 5.90. The third-order valence-electron chi connectivity index (χ3n) is 3.52. The minimum Gasteiger partial charge on any atom is -0.484 e. The molecule has 0 bridgehead atoms. The van der Waals surface area contributed by atoms with Crippen molar-refractivity contribution in [3.63, 3.8) is 0 Å². The first-order valence-electron chi connectivity index (χ1n) is 7.48. The highest BCUT2D eigenvalue weighted by atomic mass is 16.6. The lowest BCUT2D eigenvalue weighted by Crippen LogP contribution is -2.33. The van der Waals surface area contributed by atoms with Crippen molar-refractivity contribution in [1.82, 2.24) is 10.2 Å². The number of rotatable bonds is 8. The number of nitrogens with one attached hydrogen (secondary N) is 1. The molecule has 0 spiro atoms. The van der Waals surface area contributed by atoms with Gasteiger partial charge >= 0.3 is 0 Å². The van der Waals surface area contributed by atoms with Crippen LogP contribution in [0.4, 0.5) is 5.69 Å². The zero-order valence-electron chi connectivity index (χ0n) is 12.7. The molecule has 0 unspecified atom stereocenters. The van der Waals surface area contributed by atoms with Gasteiger partial charge in [0.1, 0.15) is 5.75 Å². The van der Waals surface area contributed by atoms with Crippen molar-refractivity contribution in [3.05, 3.63) is 34.4 Å². The number of carbonyl (C=O) groups excluding carboxylic acids is 2. The van der Waals surface area contributed by atoms with Gasteiger partial charge in [-0.05, 0) is 25.0 Å². The Morgan fingerprint density at radius 3 is 2.70 bits per heavy atom. The maximum Gasteiger partial charge on any atom is 0.269 e. The fraction of sp³-hybridized carbons (Fsp3) is 0.467. The molecular weight excluding hydrogens is 302 g/mol.